The lowest BCUT2D eigenvalue weighted by molar-refractivity contribution is 0.411. The highest BCUT2D eigenvalue weighted by molar-refractivity contribution is 7.98. The Morgan fingerprint density at radius 2 is 2.20 bits per heavy atom. The Balaban J connectivity index is 2.72. The van der Waals surface area contributed by atoms with Crippen LogP contribution in [-0.2, 0) is 12.3 Å². The molecule has 2 nitrogen and oxygen atoms in total. The third kappa shape index (κ3) is 3.76. The number of rotatable bonds is 6. The molecule has 0 saturated heterocycles. The number of nitrogens with two attached hydrogens (primary N) is 1. The van der Waals surface area contributed by atoms with Crippen molar-refractivity contribution in [2.45, 2.75) is 25.6 Å². The second-order valence-corrected chi connectivity index (χ2v) is 4.51. The van der Waals surface area contributed by atoms with E-state index >= 15 is 0 Å². The zero-order chi connectivity index (χ0) is 11.1. The number of benzene rings is 1. The van der Waals surface area contributed by atoms with Gasteiger partial charge in [0.2, 0.25) is 0 Å². The Hall–Kier alpha value is -0.670. The van der Waals surface area contributed by atoms with Gasteiger partial charge in [-0.05, 0) is 29.9 Å². The Labute approximate surface area is 96.2 Å². The largest absolute Gasteiger partial charge is 0.496 e. The predicted octanol–water partition coefficient (Wildman–Crippen LogP) is 2.80. The second kappa shape index (κ2) is 6.75. The van der Waals surface area contributed by atoms with E-state index in [0.717, 1.165) is 11.5 Å². The Morgan fingerprint density at radius 1 is 1.40 bits per heavy atom. The van der Waals surface area contributed by atoms with Crippen molar-refractivity contribution in [1.82, 2.24) is 0 Å². The van der Waals surface area contributed by atoms with Crippen molar-refractivity contribution in [2.24, 2.45) is 5.73 Å². The molecule has 0 atom stereocenters. The molecule has 0 heterocycles. The summed E-state index contributed by atoms with van der Waals surface area (Å²) in [5, 5.41) is 0. The van der Waals surface area contributed by atoms with E-state index in [-0.39, 0.29) is 0 Å². The van der Waals surface area contributed by atoms with E-state index in [1.54, 1.807) is 7.11 Å². The summed E-state index contributed by atoms with van der Waals surface area (Å²) < 4.78 is 5.32. The van der Waals surface area contributed by atoms with E-state index in [4.69, 9.17) is 10.5 Å². The Bertz CT molecular complexity index is 302. The molecule has 1 aromatic carbocycles. The molecule has 0 amide bonds. The molecule has 0 unspecified atom stereocenters. The fourth-order valence-electron chi connectivity index (χ4n) is 1.40. The summed E-state index contributed by atoms with van der Waals surface area (Å²) in [4.78, 5) is 0. The van der Waals surface area contributed by atoms with Crippen LogP contribution in [0.5, 0.6) is 5.75 Å². The molecule has 84 valence electrons. The molecular weight excluding hydrogens is 206 g/mol. The molecule has 15 heavy (non-hydrogen) atoms. The summed E-state index contributed by atoms with van der Waals surface area (Å²) in [6, 6.07) is 6.17. The topological polar surface area (TPSA) is 35.2 Å². The quantitative estimate of drug-likeness (QED) is 0.756. The van der Waals surface area contributed by atoms with Gasteiger partial charge in [-0.1, -0.05) is 13.0 Å². The number of hydrogen-bond donors (Lipinski definition) is 1. The third-order valence-electron chi connectivity index (χ3n) is 2.19. The first-order chi connectivity index (χ1) is 7.31. The molecule has 0 aromatic heterocycles. The van der Waals surface area contributed by atoms with E-state index in [2.05, 4.69) is 13.0 Å². The van der Waals surface area contributed by atoms with E-state index in [1.165, 1.54) is 23.3 Å². The van der Waals surface area contributed by atoms with E-state index in [0.29, 0.717) is 6.54 Å². The summed E-state index contributed by atoms with van der Waals surface area (Å²) in [6.07, 6.45) is 1.21. The average Bonchev–Trinajstić information content (AvgIpc) is 2.29. The highest BCUT2D eigenvalue weighted by Crippen LogP contribution is 2.24. The molecule has 3 heteroatoms. The minimum Gasteiger partial charge on any atom is -0.496 e. The van der Waals surface area contributed by atoms with Crippen molar-refractivity contribution in [3.8, 4) is 5.75 Å². The minimum atomic E-state index is 0.593. The van der Waals surface area contributed by atoms with Gasteiger partial charge < -0.3 is 10.5 Å². The SMILES string of the molecule is CCCSCc1cc(CN)ccc1OC. The molecule has 1 aromatic rings. The van der Waals surface area contributed by atoms with Gasteiger partial charge in [0.1, 0.15) is 5.75 Å². The molecule has 2 N–H and O–H groups in total. The average molecular weight is 225 g/mol. The van der Waals surface area contributed by atoms with Crippen LogP contribution >= 0.6 is 11.8 Å². The molecule has 0 radical (unpaired) electrons. The lowest BCUT2D eigenvalue weighted by Gasteiger charge is -2.09. The molecular formula is C12H19NOS. The first kappa shape index (κ1) is 12.4. The van der Waals surface area contributed by atoms with Crippen LogP contribution in [-0.4, -0.2) is 12.9 Å². The number of ether oxygens (including phenoxy) is 1. The molecule has 1 rings (SSSR count). The second-order valence-electron chi connectivity index (χ2n) is 3.40. The maximum absolute atomic E-state index is 5.62. The fourth-order valence-corrected chi connectivity index (χ4v) is 2.28. The highest BCUT2D eigenvalue weighted by Gasteiger charge is 2.03. The van der Waals surface area contributed by atoms with Gasteiger partial charge in [-0.25, -0.2) is 0 Å². The van der Waals surface area contributed by atoms with Crippen LogP contribution in [0.3, 0.4) is 0 Å². The van der Waals surface area contributed by atoms with Gasteiger partial charge in [-0.15, -0.1) is 0 Å². The smallest absolute Gasteiger partial charge is 0.122 e. The van der Waals surface area contributed by atoms with Crippen LogP contribution in [0.1, 0.15) is 24.5 Å². The van der Waals surface area contributed by atoms with Gasteiger partial charge in [0.25, 0.3) is 0 Å². The molecule has 0 bridgehead atoms. The fraction of sp³-hybridized carbons (Fsp3) is 0.500. The Kier molecular flexibility index (Phi) is 5.58. The summed E-state index contributed by atoms with van der Waals surface area (Å²) in [5.74, 6) is 3.16. The first-order valence-electron chi connectivity index (χ1n) is 5.25. The predicted molar refractivity (Wildman–Crippen MR) is 67.3 cm³/mol. The summed E-state index contributed by atoms with van der Waals surface area (Å²) in [6.45, 7) is 2.79. The molecule has 0 fully saturated rings. The monoisotopic (exact) mass is 225 g/mol. The zero-order valence-corrected chi connectivity index (χ0v) is 10.3. The van der Waals surface area contributed by atoms with Gasteiger partial charge >= 0.3 is 0 Å². The van der Waals surface area contributed by atoms with Crippen molar-refractivity contribution >= 4 is 11.8 Å². The van der Waals surface area contributed by atoms with Crippen LogP contribution in [0, 0.1) is 0 Å². The van der Waals surface area contributed by atoms with Crippen molar-refractivity contribution in [2.75, 3.05) is 12.9 Å². The van der Waals surface area contributed by atoms with E-state index in [9.17, 15) is 0 Å². The standard InChI is InChI=1S/C12H19NOS/c1-3-6-15-9-11-7-10(8-13)4-5-12(11)14-2/h4-5,7H,3,6,8-9,13H2,1-2H3. The summed E-state index contributed by atoms with van der Waals surface area (Å²) in [5.41, 5.74) is 8.04. The van der Waals surface area contributed by atoms with Crippen molar-refractivity contribution in [3.05, 3.63) is 29.3 Å². The van der Waals surface area contributed by atoms with Crippen molar-refractivity contribution in [3.63, 3.8) is 0 Å². The molecule has 0 aliphatic rings. The molecule has 0 aliphatic carbocycles. The molecule has 0 saturated carbocycles. The lowest BCUT2D eigenvalue weighted by atomic mass is 10.1. The van der Waals surface area contributed by atoms with E-state index in [1.807, 2.05) is 23.9 Å². The van der Waals surface area contributed by atoms with Crippen LogP contribution < -0.4 is 10.5 Å². The minimum absolute atomic E-state index is 0.593. The normalized spacial score (nSPS) is 10.3. The van der Waals surface area contributed by atoms with Crippen LogP contribution in [0.2, 0.25) is 0 Å². The maximum atomic E-state index is 5.62. The molecule has 0 aliphatic heterocycles. The first-order valence-corrected chi connectivity index (χ1v) is 6.40. The summed E-state index contributed by atoms with van der Waals surface area (Å²) >= 11 is 1.93. The van der Waals surface area contributed by atoms with Gasteiger partial charge in [0.15, 0.2) is 0 Å². The van der Waals surface area contributed by atoms with Crippen LogP contribution in [0.25, 0.3) is 0 Å². The van der Waals surface area contributed by atoms with Gasteiger partial charge in [-0.2, -0.15) is 11.8 Å². The maximum Gasteiger partial charge on any atom is 0.122 e. The van der Waals surface area contributed by atoms with Crippen LogP contribution in [0.15, 0.2) is 18.2 Å². The van der Waals surface area contributed by atoms with Gasteiger partial charge in [0.05, 0.1) is 7.11 Å². The third-order valence-corrected chi connectivity index (χ3v) is 3.40. The number of thioether (sulfide) groups is 1. The van der Waals surface area contributed by atoms with E-state index < -0.39 is 0 Å². The number of hydrogen-bond acceptors (Lipinski definition) is 3. The Morgan fingerprint density at radius 3 is 2.80 bits per heavy atom. The van der Waals surface area contributed by atoms with Gasteiger partial charge in [0, 0.05) is 17.9 Å². The molecule has 0 spiro atoms. The van der Waals surface area contributed by atoms with Crippen molar-refractivity contribution in [1.29, 1.82) is 0 Å². The summed E-state index contributed by atoms with van der Waals surface area (Å²) in [7, 11) is 1.71. The van der Waals surface area contributed by atoms with Gasteiger partial charge in [-0.3, -0.25) is 0 Å². The highest BCUT2D eigenvalue weighted by atomic mass is 32.2. The lowest BCUT2D eigenvalue weighted by Crippen LogP contribution is -1.99. The van der Waals surface area contributed by atoms with Crippen LogP contribution in [0.4, 0.5) is 0 Å². The zero-order valence-electron chi connectivity index (χ0n) is 9.45. The van der Waals surface area contributed by atoms with Crippen molar-refractivity contribution < 1.29 is 4.74 Å². The number of methoxy groups -OCH3 is 1.